The van der Waals surface area contributed by atoms with Crippen LogP contribution in [0.1, 0.15) is 57.2 Å². The summed E-state index contributed by atoms with van der Waals surface area (Å²) in [4.78, 5) is 0. The molecule has 394 valence electrons. The number of terminal acetylenes is 1. The normalized spacial score (nSPS) is 18.6. The van der Waals surface area contributed by atoms with Crippen molar-refractivity contribution in [1.29, 1.82) is 0 Å². The van der Waals surface area contributed by atoms with Crippen LogP contribution in [0.3, 0.4) is 0 Å². The first-order chi connectivity index (χ1) is 28.0. The van der Waals surface area contributed by atoms with Crippen molar-refractivity contribution in [2.24, 2.45) is 0 Å². The van der Waals surface area contributed by atoms with E-state index in [1.165, 1.54) is 43.8 Å². The molecule has 0 amide bonds. The van der Waals surface area contributed by atoms with Crippen LogP contribution in [0.25, 0.3) is 0 Å². The van der Waals surface area contributed by atoms with Gasteiger partial charge in [-0.2, -0.15) is 0 Å². The highest BCUT2D eigenvalue weighted by atomic mass is 28.5. The van der Waals surface area contributed by atoms with Crippen molar-refractivity contribution >= 4 is 124 Å². The second kappa shape index (κ2) is 37.9. The molecule has 0 aromatic carbocycles. The number of rotatable bonds is 20. The molecule has 25 heteroatoms. The van der Waals surface area contributed by atoms with Crippen LogP contribution in [0, 0.1) is 12.0 Å². The third kappa shape index (κ3) is 47.8. The highest BCUT2D eigenvalue weighted by Crippen LogP contribution is 2.22. The average molecular weight is 1150 g/mol. The molecule has 0 bridgehead atoms. The van der Waals surface area contributed by atoms with Crippen molar-refractivity contribution in [2.45, 2.75) is 229 Å². The lowest BCUT2D eigenvalue weighted by molar-refractivity contribution is 0.273. The molecule has 2 fully saturated rings. The minimum Gasteiger partial charge on any atom is -0.442 e. The standard InChI is InChI=1S/C9H28O3Si4.C9H24O3Si4.C8H26O3Si4.C6H14OSi.C5H12OSi.2CH4.2H2/c1-9-16(8,12-15(5,6)7)11-14(4)10-13(2)3;1-9-16(10-13(2)3,11-14(4)5)12-15(6,7)8;1-12(2)9-15(8,10-13(3)4)11-14(5,6)7;1-2-8-6-4-3-5-7-8;1-7-5-3-2-4-6-7;;;;/h13-14H,9H2,1-8H3;1,13-14H,2-8H3;12-13H,1-8H3;8H,2-6H2,1H3;7H,2-5H2,1H3;2*1H4;2*1H. The fourth-order valence-corrected chi connectivity index (χ4v) is 47.8. The molecular weight excluding hydrogens is 1040 g/mol. The third-order valence-corrected chi connectivity index (χ3v) is 46.4. The predicted molar refractivity (Wildman–Crippen MR) is 324 cm³/mol. The van der Waals surface area contributed by atoms with E-state index in [0.717, 1.165) is 19.3 Å². The Balaban J connectivity index is -0.000000133. The first-order valence-electron chi connectivity index (χ1n) is 23.9. The Morgan fingerprint density at radius 1 is 0.547 bits per heavy atom. The van der Waals surface area contributed by atoms with Gasteiger partial charge in [0.25, 0.3) is 9.28 Å². The van der Waals surface area contributed by atoms with Gasteiger partial charge in [-0.25, -0.2) is 0 Å². The van der Waals surface area contributed by atoms with Crippen molar-refractivity contribution in [1.82, 2.24) is 0 Å². The van der Waals surface area contributed by atoms with E-state index >= 15 is 0 Å². The van der Waals surface area contributed by atoms with E-state index in [1.54, 1.807) is 0 Å². The predicted octanol–water partition coefficient (Wildman–Crippen LogP) is 11.6. The van der Waals surface area contributed by atoms with Gasteiger partial charge in [-0.15, -0.1) is 6.42 Å². The summed E-state index contributed by atoms with van der Waals surface area (Å²) in [5.74, 6) is 0. The van der Waals surface area contributed by atoms with Crippen molar-refractivity contribution in [3.05, 3.63) is 0 Å². The third-order valence-electron chi connectivity index (χ3n) is 7.97. The van der Waals surface area contributed by atoms with Crippen LogP contribution in [-0.2, 0) is 45.9 Å². The zero-order valence-electron chi connectivity index (χ0n) is 45.3. The van der Waals surface area contributed by atoms with Gasteiger partial charge in [0.2, 0.25) is 0 Å². The summed E-state index contributed by atoms with van der Waals surface area (Å²) in [6, 6.07) is 5.17. The molecule has 2 heterocycles. The molecule has 4 unspecified atom stereocenters. The smallest absolute Gasteiger partial charge is 0.442 e. The summed E-state index contributed by atoms with van der Waals surface area (Å²) in [5, 5.41) is 0. The molecule has 0 aromatic rings. The highest BCUT2D eigenvalue weighted by Gasteiger charge is 2.45. The van der Waals surface area contributed by atoms with Gasteiger partial charge in [-0.3, -0.25) is 0 Å². The van der Waals surface area contributed by atoms with Gasteiger partial charge in [-0.1, -0.05) is 41.5 Å². The lowest BCUT2D eigenvalue weighted by atomic mass is 10.4. The Bertz CT molecular complexity index is 1140. The average Bonchev–Trinajstić information content (AvgIpc) is 3.05. The van der Waals surface area contributed by atoms with Gasteiger partial charge in [-0.05, 0) is 187 Å². The molecule has 2 rings (SSSR count). The Kier molecular flexibility index (Phi) is 44.4. The summed E-state index contributed by atoms with van der Waals surface area (Å²) in [6.07, 6.45) is 11.1. The maximum atomic E-state index is 6.25. The molecule has 11 nitrogen and oxygen atoms in total. The molecule has 2 aliphatic rings. The van der Waals surface area contributed by atoms with Crippen molar-refractivity contribution in [3.63, 3.8) is 0 Å². The molecule has 0 aromatic heterocycles. The van der Waals surface area contributed by atoms with Gasteiger partial charge in [0.15, 0.2) is 88.2 Å². The van der Waals surface area contributed by atoms with Crippen LogP contribution < -0.4 is 0 Å². The maximum Gasteiger partial charge on any atom is 0.559 e. The Morgan fingerprint density at radius 2 is 0.953 bits per heavy atom. The fraction of sp³-hybridized carbons (Fsp3) is 0.949. The molecule has 0 aliphatic carbocycles. The van der Waals surface area contributed by atoms with Crippen LogP contribution in [-0.4, -0.2) is 137 Å². The Labute approximate surface area is 423 Å². The van der Waals surface area contributed by atoms with Crippen LogP contribution in [0.15, 0.2) is 0 Å². The largest absolute Gasteiger partial charge is 0.559 e. The monoisotopic (exact) mass is 1150 g/mol. The molecule has 0 saturated carbocycles. The summed E-state index contributed by atoms with van der Waals surface area (Å²) >= 11 is 0. The van der Waals surface area contributed by atoms with E-state index in [4.69, 9.17) is 52.3 Å². The zero-order chi connectivity index (χ0) is 49.2. The van der Waals surface area contributed by atoms with Gasteiger partial charge >= 0.3 is 26.2 Å². The topological polar surface area (TPSA) is 102 Å². The van der Waals surface area contributed by atoms with E-state index < -0.39 is 124 Å². The van der Waals surface area contributed by atoms with E-state index in [9.17, 15) is 0 Å². The van der Waals surface area contributed by atoms with E-state index in [0.29, 0.717) is 0 Å². The van der Waals surface area contributed by atoms with Crippen LogP contribution in [0.2, 0.25) is 175 Å². The molecule has 2 saturated heterocycles. The molecule has 0 spiro atoms. The molecule has 0 radical (unpaired) electrons. The minimum absolute atomic E-state index is 0. The van der Waals surface area contributed by atoms with Crippen molar-refractivity contribution in [2.75, 3.05) is 13.2 Å². The Morgan fingerprint density at radius 3 is 1.19 bits per heavy atom. The van der Waals surface area contributed by atoms with Crippen LogP contribution in [0.5, 0.6) is 0 Å². The van der Waals surface area contributed by atoms with Crippen molar-refractivity contribution < 1.29 is 48.7 Å². The molecule has 64 heavy (non-hydrogen) atoms. The highest BCUT2D eigenvalue weighted by molar-refractivity contribution is 6.89. The summed E-state index contributed by atoms with van der Waals surface area (Å²) in [6.45, 7) is 56.2. The quantitative estimate of drug-likeness (QED) is 0.0860. The summed E-state index contributed by atoms with van der Waals surface area (Å²) in [5.41, 5.74) is 2.71. The first kappa shape index (κ1) is 75.1. The molecule has 2 aliphatic heterocycles. The van der Waals surface area contributed by atoms with Gasteiger partial charge in [0.1, 0.15) is 0 Å². The van der Waals surface area contributed by atoms with Crippen LogP contribution >= 0.6 is 0 Å². The zero-order valence-corrected chi connectivity index (χ0v) is 60.5. The summed E-state index contributed by atoms with van der Waals surface area (Å²) in [7, 11) is -20.2. The van der Waals surface area contributed by atoms with Gasteiger partial charge < -0.3 is 45.9 Å². The van der Waals surface area contributed by atoms with Gasteiger partial charge in [0, 0.05) is 22.6 Å². The van der Waals surface area contributed by atoms with Crippen LogP contribution in [0.4, 0.5) is 0 Å². The summed E-state index contributed by atoms with van der Waals surface area (Å²) < 4.78 is 65.4. The number of hydrogen-bond donors (Lipinski definition) is 0. The SMILES string of the molecule is C.C.C#C[Si](O[SiH](C)C)(O[SiH](C)C)O[Si](C)(C)C.CC[SiH]1CCCCO1.CC[Si](C)(O[SiH](C)O[SiH](C)C)O[Si](C)(C)C.C[SiH](C)O[Si](C)(O[SiH](C)C)O[Si](C)(C)C.C[SiH]1CCCCO1.[HH].[HH]. The number of hydrogen-bond acceptors (Lipinski definition) is 11. The van der Waals surface area contributed by atoms with Gasteiger partial charge in [0.05, 0.1) is 0 Å². The second-order valence-electron chi connectivity index (χ2n) is 20.8. The van der Waals surface area contributed by atoms with E-state index in [1.807, 2.05) is 0 Å². The second-order valence-corrected chi connectivity index (χ2v) is 65.0. The maximum absolute atomic E-state index is 6.25. The lowest BCUT2D eigenvalue weighted by Gasteiger charge is -2.35. The fourth-order valence-electron chi connectivity index (χ4n) is 6.31. The van der Waals surface area contributed by atoms with Crippen molar-refractivity contribution in [3.8, 4) is 12.0 Å². The first-order valence-corrected chi connectivity index (χ1v) is 61.1. The lowest BCUT2D eigenvalue weighted by Crippen LogP contribution is -2.55. The molecule has 4 atom stereocenters. The molecule has 0 N–H and O–H groups in total. The van der Waals surface area contributed by atoms with E-state index in [2.05, 4.69) is 170 Å². The molecular formula is C39H116O11Si14. The van der Waals surface area contributed by atoms with E-state index in [-0.39, 0.29) is 17.7 Å². The Hall–Kier alpha value is 2.16. The minimum atomic E-state index is -2.82.